The number of aryl methyl sites for hydroxylation is 3. The molecular formula is C30H33F3N2O5S. The van der Waals surface area contributed by atoms with Crippen LogP contribution < -0.4 is 4.72 Å². The molecule has 0 atom stereocenters. The number of amides is 1. The smallest absolute Gasteiger partial charge is 0.433 e. The van der Waals surface area contributed by atoms with Crippen LogP contribution in [0, 0.1) is 6.92 Å². The van der Waals surface area contributed by atoms with E-state index in [-0.39, 0.29) is 42.9 Å². The lowest BCUT2D eigenvalue weighted by atomic mass is 9.97. The Kier molecular flexibility index (Phi) is 9.96. The van der Waals surface area contributed by atoms with Crippen molar-refractivity contribution >= 4 is 21.9 Å². The highest BCUT2D eigenvalue weighted by Gasteiger charge is 2.33. The molecule has 1 N–H and O–H groups in total. The second-order valence-corrected chi connectivity index (χ2v) is 12.6. The van der Waals surface area contributed by atoms with Crippen molar-refractivity contribution in [2.75, 3.05) is 5.75 Å². The van der Waals surface area contributed by atoms with Crippen molar-refractivity contribution in [2.45, 2.75) is 65.2 Å². The van der Waals surface area contributed by atoms with Gasteiger partial charge >= 0.3 is 12.3 Å². The van der Waals surface area contributed by atoms with E-state index in [0.29, 0.717) is 16.7 Å². The molecule has 1 heterocycles. The minimum absolute atomic E-state index is 0.100. The Morgan fingerprint density at radius 3 is 2.20 bits per heavy atom. The van der Waals surface area contributed by atoms with Crippen molar-refractivity contribution in [1.29, 1.82) is 0 Å². The average Bonchev–Trinajstić information content (AvgIpc) is 2.85. The minimum atomic E-state index is -4.59. The lowest BCUT2D eigenvalue weighted by Crippen LogP contribution is -2.37. The van der Waals surface area contributed by atoms with Crippen LogP contribution in [0.15, 0.2) is 60.7 Å². The van der Waals surface area contributed by atoms with Gasteiger partial charge in [-0.25, -0.2) is 22.9 Å². The molecule has 0 aliphatic rings. The van der Waals surface area contributed by atoms with E-state index in [1.54, 1.807) is 63.2 Å². The molecule has 0 saturated carbocycles. The number of carbonyl (C=O) groups is 2. The van der Waals surface area contributed by atoms with E-state index < -0.39 is 33.6 Å². The molecule has 3 rings (SSSR count). The van der Waals surface area contributed by atoms with Gasteiger partial charge in [0.25, 0.3) is 0 Å². The summed E-state index contributed by atoms with van der Waals surface area (Å²) in [5, 5.41) is 0. The van der Waals surface area contributed by atoms with E-state index in [0.717, 1.165) is 17.2 Å². The van der Waals surface area contributed by atoms with Crippen LogP contribution in [0.4, 0.5) is 18.0 Å². The number of benzene rings is 2. The summed E-state index contributed by atoms with van der Waals surface area (Å²) in [6.07, 6.45) is -5.01. The molecular weight excluding hydrogens is 557 g/mol. The zero-order valence-corrected chi connectivity index (χ0v) is 24.2. The maximum atomic E-state index is 13.3. The highest BCUT2D eigenvalue weighted by molar-refractivity contribution is 7.90. The van der Waals surface area contributed by atoms with E-state index in [9.17, 15) is 31.2 Å². The molecule has 0 spiro atoms. The molecule has 1 aromatic heterocycles. The number of nitrogens with one attached hydrogen (secondary N) is 1. The first-order valence-electron chi connectivity index (χ1n) is 13.0. The van der Waals surface area contributed by atoms with Gasteiger partial charge in [0.2, 0.25) is 10.0 Å². The third-order valence-corrected chi connectivity index (χ3v) is 7.17. The fourth-order valence-corrected chi connectivity index (χ4v) is 4.94. The summed E-state index contributed by atoms with van der Waals surface area (Å²) in [6, 6.07) is 16.2. The van der Waals surface area contributed by atoms with Gasteiger partial charge in [0, 0.05) is 18.4 Å². The van der Waals surface area contributed by atoms with E-state index in [1.807, 2.05) is 17.7 Å². The first-order valence-corrected chi connectivity index (χ1v) is 14.6. The molecule has 0 radical (unpaired) electrons. The predicted molar refractivity (Wildman–Crippen MR) is 150 cm³/mol. The lowest BCUT2D eigenvalue weighted by Gasteiger charge is -2.19. The highest BCUT2D eigenvalue weighted by Crippen LogP contribution is 2.32. The number of ether oxygens (including phenoxy) is 1. The summed E-state index contributed by atoms with van der Waals surface area (Å²) in [6.45, 7) is 6.71. The van der Waals surface area contributed by atoms with Gasteiger partial charge in [0.05, 0.1) is 11.4 Å². The van der Waals surface area contributed by atoms with E-state index in [4.69, 9.17) is 4.74 Å². The van der Waals surface area contributed by atoms with Crippen LogP contribution in [-0.2, 0) is 45.0 Å². The lowest BCUT2D eigenvalue weighted by molar-refractivity contribution is -0.141. The van der Waals surface area contributed by atoms with Crippen molar-refractivity contribution in [1.82, 2.24) is 9.71 Å². The maximum absolute atomic E-state index is 13.3. The number of halogens is 3. The van der Waals surface area contributed by atoms with Crippen molar-refractivity contribution in [3.05, 3.63) is 88.6 Å². The fraction of sp³-hybridized carbons (Fsp3) is 0.367. The third-order valence-electron chi connectivity index (χ3n) is 5.96. The summed E-state index contributed by atoms with van der Waals surface area (Å²) in [5.74, 6) is -0.424. The number of nitrogens with zero attached hydrogens (tertiary/aromatic N) is 1. The molecule has 0 saturated heterocycles. The average molecular weight is 591 g/mol. The van der Waals surface area contributed by atoms with Gasteiger partial charge in [-0.3, -0.25) is 4.79 Å². The fourth-order valence-electron chi connectivity index (χ4n) is 4.03. The number of sulfonamides is 1. The van der Waals surface area contributed by atoms with Gasteiger partial charge < -0.3 is 4.74 Å². The molecule has 1 amide bonds. The van der Waals surface area contributed by atoms with Crippen LogP contribution in [0.5, 0.6) is 0 Å². The van der Waals surface area contributed by atoms with E-state index >= 15 is 0 Å². The topological polar surface area (TPSA) is 102 Å². The summed E-state index contributed by atoms with van der Waals surface area (Å²) < 4.78 is 71.2. The second kappa shape index (κ2) is 12.8. The SMILES string of the molecule is Cc1cccc(-c2nc(C(F)(F)F)ccc2CCC(=O)Cc2ccc(CCS(=O)(=O)NC(=O)OC(C)(C)C)cc2)c1. The number of alkyl halides is 3. The van der Waals surface area contributed by atoms with Crippen LogP contribution in [-0.4, -0.2) is 36.6 Å². The van der Waals surface area contributed by atoms with E-state index in [1.165, 1.54) is 6.07 Å². The number of hydrogen-bond donors (Lipinski definition) is 1. The van der Waals surface area contributed by atoms with Crippen molar-refractivity contribution in [3.8, 4) is 11.3 Å². The van der Waals surface area contributed by atoms with Crippen LogP contribution in [0.25, 0.3) is 11.3 Å². The minimum Gasteiger partial charge on any atom is -0.443 e. The van der Waals surface area contributed by atoms with Gasteiger partial charge in [-0.2, -0.15) is 13.2 Å². The molecule has 0 aliphatic heterocycles. The Balaban J connectivity index is 1.59. The van der Waals surface area contributed by atoms with Crippen LogP contribution >= 0.6 is 0 Å². The molecule has 0 fully saturated rings. The Morgan fingerprint density at radius 2 is 1.59 bits per heavy atom. The molecule has 220 valence electrons. The van der Waals surface area contributed by atoms with Gasteiger partial charge in [0.15, 0.2) is 0 Å². The Bertz CT molecular complexity index is 1500. The Morgan fingerprint density at radius 1 is 0.927 bits per heavy atom. The highest BCUT2D eigenvalue weighted by atomic mass is 32.2. The molecule has 11 heteroatoms. The van der Waals surface area contributed by atoms with Gasteiger partial charge in [-0.1, -0.05) is 54.1 Å². The normalized spacial score (nSPS) is 12.2. The Labute approximate surface area is 238 Å². The monoisotopic (exact) mass is 590 g/mol. The van der Waals surface area contributed by atoms with Crippen molar-refractivity contribution in [3.63, 3.8) is 0 Å². The number of rotatable bonds is 10. The summed E-state index contributed by atoms with van der Waals surface area (Å²) in [5.41, 5.74) is 1.79. The predicted octanol–water partition coefficient (Wildman–Crippen LogP) is 6.22. The molecule has 0 unspecified atom stereocenters. The summed E-state index contributed by atoms with van der Waals surface area (Å²) >= 11 is 0. The zero-order valence-electron chi connectivity index (χ0n) is 23.3. The number of Topliss-reactive ketones (excluding diaryl/α,β-unsaturated/α-hetero) is 1. The quantitative estimate of drug-likeness (QED) is 0.301. The van der Waals surface area contributed by atoms with E-state index in [2.05, 4.69) is 4.98 Å². The second-order valence-electron chi connectivity index (χ2n) is 10.8. The number of hydrogen-bond acceptors (Lipinski definition) is 6. The molecule has 3 aromatic rings. The standard InChI is InChI=1S/C30H33F3N2O5S/c1-20-6-5-7-24(18-20)27-23(13-15-26(34-27)30(31,32)33)12-14-25(36)19-22-10-8-21(9-11-22)16-17-41(38,39)35-28(37)40-29(2,3)4/h5-11,13,15,18H,12,14,16-17,19H2,1-4H3,(H,35,37). The first kappa shape index (κ1) is 31.8. The van der Waals surface area contributed by atoms with Crippen LogP contribution in [0.3, 0.4) is 0 Å². The zero-order chi connectivity index (χ0) is 30.4. The number of pyridine rings is 1. The summed E-state index contributed by atoms with van der Waals surface area (Å²) in [4.78, 5) is 28.4. The number of aromatic nitrogens is 1. The van der Waals surface area contributed by atoms with Crippen LogP contribution in [0.2, 0.25) is 0 Å². The molecule has 7 nitrogen and oxygen atoms in total. The Hall–Kier alpha value is -3.73. The third kappa shape index (κ3) is 10.3. The molecule has 0 aliphatic carbocycles. The van der Waals surface area contributed by atoms with Crippen molar-refractivity contribution in [2.24, 2.45) is 0 Å². The first-order chi connectivity index (χ1) is 19.0. The maximum Gasteiger partial charge on any atom is 0.433 e. The molecule has 2 aromatic carbocycles. The van der Waals surface area contributed by atoms with Crippen LogP contribution in [0.1, 0.15) is 55.1 Å². The largest absolute Gasteiger partial charge is 0.443 e. The molecule has 41 heavy (non-hydrogen) atoms. The number of carbonyl (C=O) groups excluding carboxylic acids is 2. The van der Waals surface area contributed by atoms with Gasteiger partial charge in [-0.05, 0) is 69.4 Å². The number of ketones is 1. The summed E-state index contributed by atoms with van der Waals surface area (Å²) in [7, 11) is -3.90. The van der Waals surface area contributed by atoms with Crippen molar-refractivity contribution < 1.29 is 35.9 Å². The van der Waals surface area contributed by atoms with Gasteiger partial charge in [0.1, 0.15) is 17.1 Å². The molecule has 0 bridgehead atoms. The van der Waals surface area contributed by atoms with Gasteiger partial charge in [-0.15, -0.1) is 0 Å².